The highest BCUT2D eigenvalue weighted by Gasteiger charge is 1.97. The number of hydrogen-bond donors (Lipinski definition) is 1. The number of anilines is 1. The fourth-order valence-electron chi connectivity index (χ4n) is 1.23. The van der Waals surface area contributed by atoms with E-state index in [2.05, 4.69) is 29.0 Å². The Hall–Kier alpha value is -1.90. The lowest BCUT2D eigenvalue weighted by Gasteiger charge is -2.00. The Bertz CT molecular complexity index is 374. The van der Waals surface area contributed by atoms with Crippen molar-refractivity contribution < 1.29 is 0 Å². The molecule has 1 heterocycles. The van der Waals surface area contributed by atoms with E-state index in [0.29, 0.717) is 5.95 Å². The van der Waals surface area contributed by atoms with E-state index in [1.165, 1.54) is 5.56 Å². The number of hydrogen-bond acceptors (Lipinski definition) is 3. The Morgan fingerprint density at radius 1 is 0.875 bits per heavy atom. The molecular weight excluding hydrogens is 198 g/mol. The van der Waals surface area contributed by atoms with Gasteiger partial charge in [-0.15, -0.1) is 0 Å². The van der Waals surface area contributed by atoms with Gasteiger partial charge in [-0.1, -0.05) is 43.7 Å². The maximum absolute atomic E-state index is 5.41. The maximum atomic E-state index is 5.41. The quantitative estimate of drug-likeness (QED) is 0.795. The molecule has 0 bridgehead atoms. The first-order chi connectivity index (χ1) is 7.75. The molecule has 2 aromatic rings. The van der Waals surface area contributed by atoms with Gasteiger partial charge < -0.3 is 5.73 Å². The average molecular weight is 215 g/mol. The lowest BCUT2D eigenvalue weighted by Crippen LogP contribution is -1.93. The summed E-state index contributed by atoms with van der Waals surface area (Å²) >= 11 is 0. The molecule has 0 unspecified atom stereocenters. The third kappa shape index (κ3) is 3.05. The van der Waals surface area contributed by atoms with E-state index >= 15 is 0 Å². The predicted octanol–water partition coefficient (Wildman–Crippen LogP) is 3.06. The zero-order chi connectivity index (χ0) is 12.0. The van der Waals surface area contributed by atoms with E-state index in [9.17, 15) is 0 Å². The lowest BCUT2D eigenvalue weighted by molar-refractivity contribution is 1.19. The summed E-state index contributed by atoms with van der Waals surface area (Å²) in [6.07, 6.45) is 3.46. The molecule has 0 amide bonds. The van der Waals surface area contributed by atoms with Crippen molar-refractivity contribution in [3.05, 3.63) is 42.2 Å². The van der Waals surface area contributed by atoms with Crippen molar-refractivity contribution in [1.29, 1.82) is 0 Å². The summed E-state index contributed by atoms with van der Waals surface area (Å²) in [5.41, 5.74) is 8.74. The van der Waals surface area contributed by atoms with E-state index in [1.54, 1.807) is 12.4 Å². The van der Waals surface area contributed by atoms with Gasteiger partial charge in [0.2, 0.25) is 5.95 Å². The second-order valence-electron chi connectivity index (χ2n) is 3.20. The summed E-state index contributed by atoms with van der Waals surface area (Å²) in [5, 5.41) is 0. The molecular formula is C13H17N3. The Morgan fingerprint density at radius 3 is 1.88 bits per heavy atom. The number of aromatic nitrogens is 2. The second kappa shape index (κ2) is 5.85. The smallest absolute Gasteiger partial charge is 0.219 e. The minimum Gasteiger partial charge on any atom is -0.368 e. The molecule has 0 aliphatic rings. The van der Waals surface area contributed by atoms with Crippen LogP contribution < -0.4 is 5.73 Å². The van der Waals surface area contributed by atoms with Crippen LogP contribution in [0.2, 0.25) is 0 Å². The van der Waals surface area contributed by atoms with Gasteiger partial charge in [-0.25, -0.2) is 9.97 Å². The molecule has 1 aromatic carbocycles. The van der Waals surface area contributed by atoms with Crippen molar-refractivity contribution in [2.45, 2.75) is 20.8 Å². The molecule has 0 saturated carbocycles. The minimum atomic E-state index is 0.306. The van der Waals surface area contributed by atoms with Gasteiger partial charge >= 0.3 is 0 Å². The van der Waals surface area contributed by atoms with Gasteiger partial charge in [0.1, 0.15) is 0 Å². The van der Waals surface area contributed by atoms with E-state index in [0.717, 1.165) is 11.1 Å². The Kier molecular flexibility index (Phi) is 4.45. The molecule has 0 fully saturated rings. The highest BCUT2D eigenvalue weighted by Crippen LogP contribution is 2.17. The molecule has 2 N–H and O–H groups in total. The fraction of sp³-hybridized carbons (Fsp3) is 0.231. The molecule has 0 radical (unpaired) electrons. The second-order valence-corrected chi connectivity index (χ2v) is 3.20. The molecule has 3 nitrogen and oxygen atoms in total. The Morgan fingerprint density at radius 2 is 1.38 bits per heavy atom. The van der Waals surface area contributed by atoms with Crippen LogP contribution in [0.3, 0.4) is 0 Å². The van der Waals surface area contributed by atoms with E-state index < -0.39 is 0 Å². The highest BCUT2D eigenvalue weighted by atomic mass is 15.0. The molecule has 2 rings (SSSR count). The van der Waals surface area contributed by atoms with Crippen LogP contribution in [0.25, 0.3) is 11.1 Å². The summed E-state index contributed by atoms with van der Waals surface area (Å²) in [4.78, 5) is 7.89. The molecule has 0 saturated heterocycles. The zero-order valence-corrected chi connectivity index (χ0v) is 9.94. The van der Waals surface area contributed by atoms with Crippen LogP contribution in [-0.4, -0.2) is 9.97 Å². The molecule has 0 aliphatic carbocycles. The monoisotopic (exact) mass is 215 g/mol. The number of nitrogens with two attached hydrogens (primary N) is 1. The lowest BCUT2D eigenvalue weighted by atomic mass is 10.1. The van der Waals surface area contributed by atoms with Crippen molar-refractivity contribution in [1.82, 2.24) is 9.97 Å². The zero-order valence-electron chi connectivity index (χ0n) is 9.94. The van der Waals surface area contributed by atoms with Crippen molar-refractivity contribution >= 4 is 5.95 Å². The van der Waals surface area contributed by atoms with Gasteiger partial charge in [0.25, 0.3) is 0 Å². The van der Waals surface area contributed by atoms with E-state index in [4.69, 9.17) is 5.73 Å². The van der Waals surface area contributed by atoms with Crippen LogP contribution in [-0.2, 0) is 0 Å². The highest BCUT2D eigenvalue weighted by molar-refractivity contribution is 5.62. The number of nitrogen functional groups attached to an aromatic ring is 1. The topological polar surface area (TPSA) is 51.8 Å². The standard InChI is InChI=1S/C11H11N3.C2H6/c1-8-2-4-9(5-3-8)10-6-13-11(12)14-7-10;1-2/h2-7H,1H3,(H2,12,13,14);1-2H3. The van der Waals surface area contributed by atoms with Gasteiger partial charge in [0, 0.05) is 18.0 Å². The third-order valence-electron chi connectivity index (χ3n) is 2.06. The maximum Gasteiger partial charge on any atom is 0.219 e. The van der Waals surface area contributed by atoms with Gasteiger partial charge in [-0.3, -0.25) is 0 Å². The molecule has 3 heteroatoms. The molecule has 16 heavy (non-hydrogen) atoms. The van der Waals surface area contributed by atoms with Crippen LogP contribution in [0.15, 0.2) is 36.7 Å². The first-order valence-corrected chi connectivity index (χ1v) is 5.40. The van der Waals surface area contributed by atoms with E-state index in [1.807, 2.05) is 26.0 Å². The van der Waals surface area contributed by atoms with Crippen molar-refractivity contribution in [3.63, 3.8) is 0 Å². The summed E-state index contributed by atoms with van der Waals surface area (Å²) in [5.74, 6) is 0.306. The summed E-state index contributed by atoms with van der Waals surface area (Å²) in [6, 6.07) is 8.21. The van der Waals surface area contributed by atoms with Gasteiger partial charge in [-0.05, 0) is 12.5 Å². The van der Waals surface area contributed by atoms with Crippen LogP contribution >= 0.6 is 0 Å². The molecule has 0 aliphatic heterocycles. The molecule has 84 valence electrons. The van der Waals surface area contributed by atoms with Gasteiger partial charge in [0.05, 0.1) is 0 Å². The average Bonchev–Trinajstić information content (AvgIpc) is 2.34. The summed E-state index contributed by atoms with van der Waals surface area (Å²) in [7, 11) is 0. The van der Waals surface area contributed by atoms with E-state index in [-0.39, 0.29) is 0 Å². The third-order valence-corrected chi connectivity index (χ3v) is 2.06. The first kappa shape index (κ1) is 12.2. The number of nitrogens with zero attached hydrogens (tertiary/aromatic N) is 2. The van der Waals surface area contributed by atoms with Gasteiger partial charge in [-0.2, -0.15) is 0 Å². The first-order valence-electron chi connectivity index (χ1n) is 5.40. The van der Waals surface area contributed by atoms with Crippen molar-refractivity contribution in [2.24, 2.45) is 0 Å². The Balaban J connectivity index is 0.000000606. The number of rotatable bonds is 1. The van der Waals surface area contributed by atoms with Crippen LogP contribution in [0.4, 0.5) is 5.95 Å². The molecule has 0 atom stereocenters. The number of benzene rings is 1. The minimum absolute atomic E-state index is 0.306. The van der Waals surface area contributed by atoms with Gasteiger partial charge in [0.15, 0.2) is 0 Å². The van der Waals surface area contributed by atoms with Crippen LogP contribution in [0.5, 0.6) is 0 Å². The number of aryl methyl sites for hydroxylation is 1. The normalized spacial score (nSPS) is 9.19. The summed E-state index contributed by atoms with van der Waals surface area (Å²) in [6.45, 7) is 6.06. The SMILES string of the molecule is CC.Cc1ccc(-c2cnc(N)nc2)cc1. The van der Waals surface area contributed by atoms with Crippen molar-refractivity contribution in [2.75, 3.05) is 5.73 Å². The fourth-order valence-corrected chi connectivity index (χ4v) is 1.23. The van der Waals surface area contributed by atoms with Crippen molar-refractivity contribution in [3.8, 4) is 11.1 Å². The molecule has 0 spiro atoms. The summed E-state index contributed by atoms with van der Waals surface area (Å²) < 4.78 is 0. The Labute approximate surface area is 96.4 Å². The molecule has 1 aromatic heterocycles. The van der Waals surface area contributed by atoms with Crippen LogP contribution in [0, 0.1) is 6.92 Å². The predicted molar refractivity (Wildman–Crippen MR) is 68.0 cm³/mol. The van der Waals surface area contributed by atoms with Crippen LogP contribution in [0.1, 0.15) is 19.4 Å². The largest absolute Gasteiger partial charge is 0.368 e.